The number of anilines is 1. The van der Waals surface area contributed by atoms with Gasteiger partial charge >= 0.3 is 0 Å². The van der Waals surface area contributed by atoms with Gasteiger partial charge < -0.3 is 19.8 Å². The van der Waals surface area contributed by atoms with Gasteiger partial charge in [-0.3, -0.25) is 14.3 Å². The van der Waals surface area contributed by atoms with E-state index in [2.05, 4.69) is 15.0 Å². The first-order valence-electron chi connectivity index (χ1n) is 9.80. The molecule has 1 aromatic heterocycles. The van der Waals surface area contributed by atoms with Gasteiger partial charge in [-0.15, -0.1) is 0 Å². The Morgan fingerprint density at radius 3 is 2.41 bits per heavy atom. The van der Waals surface area contributed by atoms with Crippen LogP contribution in [0.25, 0.3) is 10.9 Å². The molecule has 2 aromatic carbocycles. The van der Waals surface area contributed by atoms with Crippen LogP contribution in [-0.4, -0.2) is 40.1 Å². The highest BCUT2D eigenvalue weighted by molar-refractivity contribution is 7.92. The summed E-state index contributed by atoms with van der Waals surface area (Å²) in [6.45, 7) is 3.48. The number of ether oxygens (including phenoxy) is 2. The van der Waals surface area contributed by atoms with Crippen LogP contribution in [0.5, 0.6) is 11.5 Å². The lowest BCUT2D eigenvalue weighted by Crippen LogP contribution is -2.23. The molecular weight excluding hydrogens is 434 g/mol. The van der Waals surface area contributed by atoms with Gasteiger partial charge in [-0.25, -0.2) is 8.42 Å². The second-order valence-electron chi connectivity index (χ2n) is 7.23. The number of rotatable bonds is 8. The van der Waals surface area contributed by atoms with E-state index in [-0.39, 0.29) is 16.4 Å². The highest BCUT2D eigenvalue weighted by Gasteiger charge is 2.20. The summed E-state index contributed by atoms with van der Waals surface area (Å²) in [5.41, 5.74) is 1.91. The van der Waals surface area contributed by atoms with Crippen molar-refractivity contribution in [1.82, 2.24) is 10.3 Å². The van der Waals surface area contributed by atoms with Crippen molar-refractivity contribution in [1.29, 1.82) is 0 Å². The van der Waals surface area contributed by atoms with Gasteiger partial charge in [0.15, 0.2) is 11.5 Å². The lowest BCUT2D eigenvalue weighted by atomic mass is 10.1. The molecule has 0 spiro atoms. The van der Waals surface area contributed by atoms with Gasteiger partial charge in [0.1, 0.15) is 0 Å². The Morgan fingerprint density at radius 2 is 1.75 bits per heavy atom. The van der Waals surface area contributed by atoms with Crippen molar-refractivity contribution in [2.75, 3.05) is 25.5 Å². The van der Waals surface area contributed by atoms with Crippen molar-refractivity contribution in [3.8, 4) is 11.5 Å². The first-order valence-corrected chi connectivity index (χ1v) is 11.3. The van der Waals surface area contributed by atoms with E-state index in [0.717, 1.165) is 0 Å². The maximum atomic E-state index is 13.2. The van der Waals surface area contributed by atoms with Crippen LogP contribution in [0.15, 0.2) is 46.1 Å². The zero-order valence-corrected chi connectivity index (χ0v) is 19.1. The summed E-state index contributed by atoms with van der Waals surface area (Å²) in [5, 5.41) is 3.33. The van der Waals surface area contributed by atoms with E-state index in [4.69, 9.17) is 9.47 Å². The molecule has 3 N–H and O–H groups in total. The van der Waals surface area contributed by atoms with Crippen LogP contribution in [0.1, 0.15) is 18.1 Å². The monoisotopic (exact) mass is 459 g/mol. The lowest BCUT2D eigenvalue weighted by Gasteiger charge is -2.17. The molecule has 0 radical (unpaired) electrons. The molecule has 1 amide bonds. The molecule has 10 heteroatoms. The van der Waals surface area contributed by atoms with Crippen LogP contribution in [0, 0.1) is 6.92 Å². The number of carbonyl (C=O) groups is 1. The van der Waals surface area contributed by atoms with Crippen LogP contribution in [0.3, 0.4) is 0 Å². The minimum Gasteiger partial charge on any atom is -0.493 e. The molecule has 0 aliphatic heterocycles. The third-order valence-corrected chi connectivity index (χ3v) is 6.32. The summed E-state index contributed by atoms with van der Waals surface area (Å²) in [4.78, 5) is 25.6. The van der Waals surface area contributed by atoms with E-state index in [1.807, 2.05) is 0 Å². The maximum Gasteiger partial charge on any atom is 0.261 e. The first kappa shape index (κ1) is 23.1. The van der Waals surface area contributed by atoms with Crippen LogP contribution in [0.4, 0.5) is 5.69 Å². The van der Waals surface area contributed by atoms with E-state index >= 15 is 0 Å². The van der Waals surface area contributed by atoms with Gasteiger partial charge in [-0.1, -0.05) is 0 Å². The van der Waals surface area contributed by atoms with Gasteiger partial charge in [-0.2, -0.15) is 0 Å². The Kier molecular flexibility index (Phi) is 6.73. The Bertz CT molecular complexity index is 1330. The second-order valence-corrected chi connectivity index (χ2v) is 8.91. The lowest BCUT2D eigenvalue weighted by molar-refractivity contribution is -0.118. The third-order valence-electron chi connectivity index (χ3n) is 4.95. The van der Waals surface area contributed by atoms with Gasteiger partial charge in [0, 0.05) is 36.5 Å². The van der Waals surface area contributed by atoms with Crippen molar-refractivity contribution in [3.63, 3.8) is 0 Å². The van der Waals surface area contributed by atoms with Crippen LogP contribution in [-0.2, 0) is 21.2 Å². The Balaban J connectivity index is 2.02. The molecule has 0 unspecified atom stereocenters. The quantitative estimate of drug-likeness (QED) is 0.475. The maximum absolute atomic E-state index is 13.2. The van der Waals surface area contributed by atoms with Crippen LogP contribution in [0.2, 0.25) is 0 Å². The predicted molar refractivity (Wildman–Crippen MR) is 122 cm³/mol. The molecule has 0 saturated carbocycles. The zero-order chi connectivity index (χ0) is 23.5. The topological polar surface area (TPSA) is 127 Å². The molecular formula is C22H25N3O6S. The number of methoxy groups -OCH3 is 2. The molecule has 3 rings (SSSR count). The van der Waals surface area contributed by atoms with Crippen molar-refractivity contribution < 1.29 is 22.7 Å². The Hall–Kier alpha value is -3.53. The number of hydrogen-bond donors (Lipinski definition) is 3. The molecule has 1 heterocycles. The molecule has 0 bridgehead atoms. The van der Waals surface area contributed by atoms with Crippen LogP contribution >= 0.6 is 0 Å². The number of sulfonamides is 1. The largest absolute Gasteiger partial charge is 0.493 e. The first-order chi connectivity index (χ1) is 15.1. The van der Waals surface area contributed by atoms with Crippen molar-refractivity contribution in [2.45, 2.75) is 25.2 Å². The van der Waals surface area contributed by atoms with E-state index in [1.54, 1.807) is 25.1 Å². The van der Waals surface area contributed by atoms with Crippen molar-refractivity contribution >= 4 is 32.5 Å². The average molecular weight is 460 g/mol. The van der Waals surface area contributed by atoms with Crippen molar-refractivity contribution in [2.24, 2.45) is 0 Å². The minimum atomic E-state index is -3.97. The molecule has 0 aliphatic carbocycles. The molecule has 170 valence electrons. The molecule has 0 fully saturated rings. The van der Waals surface area contributed by atoms with E-state index in [0.29, 0.717) is 52.2 Å². The highest BCUT2D eigenvalue weighted by Crippen LogP contribution is 2.35. The fourth-order valence-electron chi connectivity index (χ4n) is 3.37. The summed E-state index contributed by atoms with van der Waals surface area (Å²) >= 11 is 0. The standard InChI is InChI=1S/C22H25N3O6S/c1-13-9-22(27)24-18-6-5-16(11-17(13)18)32(28,29)25-19-12-21(31-4)20(30-3)10-15(19)7-8-23-14(2)26/h5-6,9-12,25H,7-8H2,1-4H3,(H,23,26)(H,24,27). The number of nitrogens with one attached hydrogen (secondary N) is 3. The summed E-state index contributed by atoms with van der Waals surface area (Å²) < 4.78 is 39.6. The number of amides is 1. The molecule has 32 heavy (non-hydrogen) atoms. The van der Waals surface area contributed by atoms with Crippen LogP contribution < -0.4 is 25.1 Å². The predicted octanol–water partition coefficient (Wildman–Crippen LogP) is 2.33. The molecule has 0 saturated heterocycles. The molecule has 0 aliphatic rings. The number of fused-ring (bicyclic) bond motifs is 1. The van der Waals surface area contributed by atoms with E-state index in [1.165, 1.54) is 39.3 Å². The summed E-state index contributed by atoms with van der Waals surface area (Å²) in [7, 11) is -1.02. The Morgan fingerprint density at radius 1 is 1.06 bits per heavy atom. The number of aryl methyl sites for hydroxylation is 1. The smallest absolute Gasteiger partial charge is 0.261 e. The summed E-state index contributed by atoms with van der Waals surface area (Å²) in [6, 6.07) is 9.14. The number of carbonyl (C=O) groups excluding carboxylic acids is 1. The molecule has 9 nitrogen and oxygen atoms in total. The minimum absolute atomic E-state index is 0.0442. The normalized spacial score (nSPS) is 11.2. The van der Waals surface area contributed by atoms with Gasteiger partial charge in [0.2, 0.25) is 11.5 Å². The van der Waals surface area contributed by atoms with E-state index in [9.17, 15) is 18.0 Å². The summed E-state index contributed by atoms with van der Waals surface area (Å²) in [6.07, 6.45) is 0.371. The van der Waals surface area contributed by atoms with Gasteiger partial charge in [-0.05, 0) is 48.7 Å². The number of aromatic amines is 1. The average Bonchev–Trinajstić information content (AvgIpc) is 2.73. The number of aromatic nitrogens is 1. The number of benzene rings is 2. The van der Waals surface area contributed by atoms with Gasteiger partial charge in [0.25, 0.3) is 10.0 Å². The SMILES string of the molecule is COc1cc(CCNC(C)=O)c(NS(=O)(=O)c2ccc3[nH]c(=O)cc(C)c3c2)cc1OC. The fraction of sp³-hybridized carbons (Fsp3) is 0.273. The number of hydrogen-bond acceptors (Lipinski definition) is 6. The highest BCUT2D eigenvalue weighted by atomic mass is 32.2. The number of pyridine rings is 1. The fourth-order valence-corrected chi connectivity index (χ4v) is 4.49. The molecule has 3 aromatic rings. The zero-order valence-electron chi connectivity index (χ0n) is 18.2. The Labute approximate surface area is 185 Å². The number of H-pyrrole nitrogens is 1. The molecule has 0 atom stereocenters. The van der Waals surface area contributed by atoms with E-state index < -0.39 is 10.0 Å². The summed E-state index contributed by atoms with van der Waals surface area (Å²) in [5.74, 6) is 0.621. The second kappa shape index (κ2) is 9.31. The van der Waals surface area contributed by atoms with Gasteiger partial charge in [0.05, 0.1) is 24.8 Å². The third kappa shape index (κ3) is 5.02. The van der Waals surface area contributed by atoms with Crippen molar-refractivity contribution in [3.05, 3.63) is 57.9 Å².